The third kappa shape index (κ3) is 4.62. The van der Waals surface area contributed by atoms with Crippen LogP contribution in [0.1, 0.15) is 44.2 Å². The Labute approximate surface area is 182 Å². The number of benzene rings is 1. The van der Waals surface area contributed by atoms with E-state index in [0.29, 0.717) is 12.3 Å². The second kappa shape index (κ2) is 9.15. The van der Waals surface area contributed by atoms with Crippen molar-refractivity contribution in [1.29, 1.82) is 0 Å². The average Bonchev–Trinajstić information content (AvgIpc) is 3.33. The van der Waals surface area contributed by atoms with E-state index in [0.717, 1.165) is 42.4 Å². The van der Waals surface area contributed by atoms with Gasteiger partial charge in [-0.25, -0.2) is 18.1 Å². The van der Waals surface area contributed by atoms with Crippen LogP contribution in [0.15, 0.2) is 54.1 Å². The van der Waals surface area contributed by atoms with Crippen LogP contribution in [0.4, 0.5) is 0 Å². The molecule has 2 heterocycles. The number of aryl methyl sites for hydroxylation is 1. The summed E-state index contributed by atoms with van der Waals surface area (Å²) in [6.45, 7) is 2.04. The monoisotopic (exact) mass is 441 g/mol. The molecule has 9 heteroatoms. The van der Waals surface area contributed by atoms with Crippen LogP contribution in [0, 0.1) is 0 Å². The number of sulfonamides is 1. The Balaban J connectivity index is 1.61. The number of rotatable bonds is 7. The second-order valence-corrected chi connectivity index (χ2v) is 9.49. The maximum atomic E-state index is 13.2. The molecular weight excluding hydrogens is 414 g/mol. The van der Waals surface area contributed by atoms with Gasteiger partial charge in [0.1, 0.15) is 12.7 Å². The van der Waals surface area contributed by atoms with Gasteiger partial charge in [0.2, 0.25) is 15.9 Å². The highest BCUT2D eigenvalue weighted by atomic mass is 32.2. The van der Waals surface area contributed by atoms with Gasteiger partial charge < -0.3 is 9.30 Å². The topological polar surface area (TPSA) is 99.0 Å². The summed E-state index contributed by atoms with van der Waals surface area (Å²) in [5.74, 6) is 0.476. The Bertz CT molecular complexity index is 1130. The highest BCUT2D eigenvalue weighted by Crippen LogP contribution is 2.33. The third-order valence-corrected chi connectivity index (χ3v) is 7.37. The standard InChI is InChI=1S/C22H27N5O3S/c1-3-16-9-10-19(13-21(16)20-8-5-11-23-22(20)30-2)31(28,29)26-17-6-4-7-18(12-17)27-14-24-25-15-27/h5,8-11,13-15,17-18,26H,3-4,6-7,12H2,1-2H3/t17-,18+/m0/s1. The minimum absolute atomic E-state index is 0.131. The van der Waals surface area contributed by atoms with Crippen LogP contribution in [0.2, 0.25) is 0 Å². The lowest BCUT2D eigenvalue weighted by Gasteiger charge is -2.30. The number of nitrogens with zero attached hydrogens (tertiary/aromatic N) is 4. The number of aromatic nitrogens is 4. The van der Waals surface area contributed by atoms with E-state index >= 15 is 0 Å². The third-order valence-electron chi connectivity index (χ3n) is 5.85. The zero-order valence-corrected chi connectivity index (χ0v) is 18.5. The van der Waals surface area contributed by atoms with Gasteiger partial charge in [-0.15, -0.1) is 10.2 Å². The Morgan fingerprint density at radius 3 is 2.71 bits per heavy atom. The number of methoxy groups -OCH3 is 1. The van der Waals surface area contributed by atoms with Gasteiger partial charge in [-0.1, -0.05) is 13.0 Å². The molecule has 1 N–H and O–H groups in total. The predicted molar refractivity (Wildman–Crippen MR) is 117 cm³/mol. The number of pyridine rings is 1. The molecule has 1 aliphatic rings. The quantitative estimate of drug-likeness (QED) is 0.604. The van der Waals surface area contributed by atoms with Gasteiger partial charge in [0, 0.05) is 23.8 Å². The Hall–Kier alpha value is -2.78. The Morgan fingerprint density at radius 2 is 1.97 bits per heavy atom. The fourth-order valence-corrected chi connectivity index (χ4v) is 5.58. The van der Waals surface area contributed by atoms with E-state index in [1.165, 1.54) is 0 Å². The van der Waals surface area contributed by atoms with Crippen molar-refractivity contribution in [2.24, 2.45) is 0 Å². The van der Waals surface area contributed by atoms with Gasteiger partial charge in [0.15, 0.2) is 0 Å². The Kier molecular flexibility index (Phi) is 6.33. The summed E-state index contributed by atoms with van der Waals surface area (Å²) < 4.78 is 36.8. The van der Waals surface area contributed by atoms with E-state index in [4.69, 9.17) is 4.74 Å². The molecule has 0 aliphatic heterocycles. The van der Waals surface area contributed by atoms with Crippen LogP contribution in [-0.2, 0) is 16.4 Å². The summed E-state index contributed by atoms with van der Waals surface area (Å²) in [5.41, 5.74) is 2.64. The SMILES string of the molecule is CCc1ccc(S(=O)(=O)N[C@H]2CCC[C@@H](n3cnnc3)C2)cc1-c1cccnc1OC. The molecule has 0 radical (unpaired) electrons. The molecule has 0 saturated heterocycles. The molecular formula is C22H27N5O3S. The summed E-state index contributed by atoms with van der Waals surface area (Å²) in [5, 5.41) is 7.74. The first-order chi connectivity index (χ1) is 15.0. The molecule has 1 fully saturated rings. The van der Waals surface area contributed by atoms with Gasteiger partial charge >= 0.3 is 0 Å². The molecule has 4 rings (SSSR count). The maximum absolute atomic E-state index is 13.2. The van der Waals surface area contributed by atoms with E-state index < -0.39 is 10.0 Å². The van der Waals surface area contributed by atoms with E-state index in [1.807, 2.05) is 29.7 Å². The van der Waals surface area contributed by atoms with Gasteiger partial charge in [0.25, 0.3) is 0 Å². The average molecular weight is 442 g/mol. The predicted octanol–water partition coefficient (Wildman–Crippen LogP) is 3.37. The summed E-state index contributed by atoms with van der Waals surface area (Å²) in [6, 6.07) is 9.06. The summed E-state index contributed by atoms with van der Waals surface area (Å²) >= 11 is 0. The van der Waals surface area contributed by atoms with Crippen molar-refractivity contribution >= 4 is 10.0 Å². The lowest BCUT2D eigenvalue weighted by molar-refractivity contribution is 0.305. The number of hydrogen-bond donors (Lipinski definition) is 1. The first-order valence-electron chi connectivity index (χ1n) is 10.5. The van der Waals surface area contributed by atoms with Crippen molar-refractivity contribution in [2.75, 3.05) is 7.11 Å². The molecule has 8 nitrogen and oxygen atoms in total. The number of hydrogen-bond acceptors (Lipinski definition) is 6. The van der Waals surface area contributed by atoms with Crippen molar-refractivity contribution in [1.82, 2.24) is 24.5 Å². The molecule has 2 atom stereocenters. The fraction of sp³-hybridized carbons (Fsp3) is 0.409. The largest absolute Gasteiger partial charge is 0.481 e. The lowest BCUT2D eigenvalue weighted by Crippen LogP contribution is -2.38. The summed E-state index contributed by atoms with van der Waals surface area (Å²) in [4.78, 5) is 4.51. The molecule has 0 bridgehead atoms. The molecule has 164 valence electrons. The second-order valence-electron chi connectivity index (χ2n) is 7.78. The van der Waals surface area contributed by atoms with E-state index in [1.54, 1.807) is 38.1 Å². The van der Waals surface area contributed by atoms with Crippen molar-refractivity contribution in [2.45, 2.75) is 56.0 Å². The van der Waals surface area contributed by atoms with E-state index in [-0.39, 0.29) is 17.0 Å². The van der Waals surface area contributed by atoms with Crippen molar-refractivity contribution < 1.29 is 13.2 Å². The van der Waals surface area contributed by atoms with E-state index in [9.17, 15) is 8.42 Å². The van der Waals surface area contributed by atoms with Gasteiger partial charge in [0.05, 0.1) is 12.0 Å². The number of ether oxygens (including phenoxy) is 1. The van der Waals surface area contributed by atoms with Gasteiger partial charge in [-0.3, -0.25) is 0 Å². The first kappa shape index (κ1) is 21.5. The molecule has 2 aromatic heterocycles. The molecule has 0 amide bonds. The zero-order valence-electron chi connectivity index (χ0n) is 17.7. The Morgan fingerprint density at radius 1 is 1.16 bits per heavy atom. The van der Waals surface area contributed by atoms with Gasteiger partial charge in [-0.2, -0.15) is 0 Å². The highest BCUT2D eigenvalue weighted by molar-refractivity contribution is 7.89. The molecule has 31 heavy (non-hydrogen) atoms. The minimum atomic E-state index is -3.68. The first-order valence-corrected chi connectivity index (χ1v) is 12.0. The van der Waals surface area contributed by atoms with Crippen molar-refractivity contribution in [3.8, 4) is 17.0 Å². The van der Waals surface area contributed by atoms with Crippen LogP contribution >= 0.6 is 0 Å². The lowest BCUT2D eigenvalue weighted by atomic mass is 9.91. The van der Waals surface area contributed by atoms with Crippen LogP contribution < -0.4 is 9.46 Å². The van der Waals surface area contributed by atoms with Gasteiger partial charge in [-0.05, 0) is 67.5 Å². The van der Waals surface area contributed by atoms with Crippen LogP contribution in [-0.4, -0.2) is 41.3 Å². The molecule has 1 aromatic carbocycles. The normalized spacial score (nSPS) is 19.3. The maximum Gasteiger partial charge on any atom is 0.240 e. The van der Waals surface area contributed by atoms with Crippen LogP contribution in [0.3, 0.4) is 0 Å². The molecule has 0 unspecified atom stereocenters. The molecule has 1 aliphatic carbocycles. The smallest absolute Gasteiger partial charge is 0.240 e. The fourth-order valence-electron chi connectivity index (χ4n) is 4.27. The van der Waals surface area contributed by atoms with E-state index in [2.05, 4.69) is 19.9 Å². The van der Waals surface area contributed by atoms with Crippen molar-refractivity contribution in [3.63, 3.8) is 0 Å². The highest BCUT2D eigenvalue weighted by Gasteiger charge is 2.28. The summed E-state index contributed by atoms with van der Waals surface area (Å²) in [6.07, 6.45) is 9.28. The molecule has 3 aromatic rings. The minimum Gasteiger partial charge on any atom is -0.481 e. The molecule has 0 spiro atoms. The number of nitrogens with one attached hydrogen (secondary N) is 1. The van der Waals surface area contributed by atoms with Crippen LogP contribution in [0.5, 0.6) is 5.88 Å². The summed E-state index contributed by atoms with van der Waals surface area (Å²) in [7, 11) is -2.11. The van der Waals surface area contributed by atoms with Crippen LogP contribution in [0.25, 0.3) is 11.1 Å². The van der Waals surface area contributed by atoms with Crippen molar-refractivity contribution in [3.05, 3.63) is 54.7 Å². The molecule has 1 saturated carbocycles. The zero-order chi connectivity index (χ0) is 21.8.